The fourth-order valence-corrected chi connectivity index (χ4v) is 2.62. The zero-order chi connectivity index (χ0) is 18.2. The monoisotopic (exact) mass is 348 g/mol. The van der Waals surface area contributed by atoms with Crippen molar-refractivity contribution in [3.63, 3.8) is 0 Å². The SMILES string of the molecule is CN=C(NCc1cccc(C#N)c1)NCc1ccccc1OCC1CC1. The summed E-state index contributed by atoms with van der Waals surface area (Å²) in [5, 5.41) is 15.6. The number of rotatable bonds is 7. The van der Waals surface area contributed by atoms with Gasteiger partial charge in [0.1, 0.15) is 5.75 Å². The van der Waals surface area contributed by atoms with E-state index in [1.165, 1.54) is 12.8 Å². The van der Waals surface area contributed by atoms with Crippen LogP contribution in [-0.2, 0) is 13.1 Å². The molecular weight excluding hydrogens is 324 g/mol. The number of aliphatic imine (C=N–C) groups is 1. The molecule has 0 aliphatic heterocycles. The van der Waals surface area contributed by atoms with Gasteiger partial charge >= 0.3 is 0 Å². The number of hydrogen-bond acceptors (Lipinski definition) is 3. The van der Waals surface area contributed by atoms with E-state index in [-0.39, 0.29) is 0 Å². The fourth-order valence-electron chi connectivity index (χ4n) is 2.62. The third-order valence-electron chi connectivity index (χ3n) is 4.33. The summed E-state index contributed by atoms with van der Waals surface area (Å²) in [6.45, 7) is 2.05. The van der Waals surface area contributed by atoms with E-state index in [9.17, 15) is 0 Å². The van der Waals surface area contributed by atoms with Crippen molar-refractivity contribution in [2.24, 2.45) is 10.9 Å². The van der Waals surface area contributed by atoms with Crippen molar-refractivity contribution in [3.05, 3.63) is 65.2 Å². The smallest absolute Gasteiger partial charge is 0.191 e. The first-order chi connectivity index (χ1) is 12.8. The van der Waals surface area contributed by atoms with Crippen molar-refractivity contribution >= 4 is 5.96 Å². The standard InChI is InChI=1S/C21H24N4O/c1-23-21(24-13-18-6-4-5-17(11-18)12-22)25-14-19-7-2-3-8-20(19)26-15-16-9-10-16/h2-8,11,16H,9-10,13-15H2,1H3,(H2,23,24,25). The molecule has 0 unspecified atom stereocenters. The molecule has 0 heterocycles. The lowest BCUT2D eigenvalue weighted by Gasteiger charge is -2.15. The molecule has 5 heteroatoms. The fraction of sp³-hybridized carbons (Fsp3) is 0.333. The number of hydrogen-bond donors (Lipinski definition) is 2. The molecule has 0 saturated heterocycles. The van der Waals surface area contributed by atoms with Crippen LogP contribution in [0.25, 0.3) is 0 Å². The van der Waals surface area contributed by atoms with Crippen molar-refractivity contribution in [2.45, 2.75) is 25.9 Å². The first-order valence-corrected chi connectivity index (χ1v) is 8.92. The number of para-hydroxylation sites is 1. The van der Waals surface area contributed by atoms with Crippen LogP contribution in [0.3, 0.4) is 0 Å². The minimum atomic E-state index is 0.606. The Morgan fingerprint density at radius 3 is 2.73 bits per heavy atom. The molecule has 1 fully saturated rings. The summed E-state index contributed by atoms with van der Waals surface area (Å²) in [4.78, 5) is 4.26. The minimum absolute atomic E-state index is 0.606. The Morgan fingerprint density at radius 2 is 1.96 bits per heavy atom. The molecule has 134 valence electrons. The molecule has 1 saturated carbocycles. The first-order valence-electron chi connectivity index (χ1n) is 8.92. The Hall–Kier alpha value is -3.00. The van der Waals surface area contributed by atoms with Crippen LogP contribution in [0.4, 0.5) is 0 Å². The average molecular weight is 348 g/mol. The lowest BCUT2D eigenvalue weighted by Crippen LogP contribution is -2.36. The van der Waals surface area contributed by atoms with Crippen LogP contribution in [0, 0.1) is 17.2 Å². The third kappa shape index (κ3) is 5.25. The van der Waals surface area contributed by atoms with Crippen LogP contribution in [0.2, 0.25) is 0 Å². The lowest BCUT2D eigenvalue weighted by molar-refractivity contribution is 0.296. The van der Waals surface area contributed by atoms with Gasteiger partial charge in [0, 0.05) is 25.7 Å². The Kier molecular flexibility index (Phi) is 6.10. The topological polar surface area (TPSA) is 69.4 Å². The zero-order valence-corrected chi connectivity index (χ0v) is 15.0. The van der Waals surface area contributed by atoms with Crippen molar-refractivity contribution in [3.8, 4) is 11.8 Å². The molecule has 1 aliphatic rings. The molecule has 3 rings (SSSR count). The number of nitrogens with zero attached hydrogens (tertiary/aromatic N) is 2. The molecule has 5 nitrogen and oxygen atoms in total. The normalized spacial score (nSPS) is 13.8. The Labute approximate surface area is 154 Å². The van der Waals surface area contributed by atoms with Crippen LogP contribution >= 0.6 is 0 Å². The summed E-state index contributed by atoms with van der Waals surface area (Å²) in [5.74, 6) is 2.38. The second-order valence-electron chi connectivity index (χ2n) is 6.45. The summed E-state index contributed by atoms with van der Waals surface area (Å²) in [6, 6.07) is 17.8. The van der Waals surface area contributed by atoms with Crippen molar-refractivity contribution in [1.29, 1.82) is 5.26 Å². The zero-order valence-electron chi connectivity index (χ0n) is 15.0. The second-order valence-corrected chi connectivity index (χ2v) is 6.45. The molecule has 0 aromatic heterocycles. The summed E-state index contributed by atoms with van der Waals surface area (Å²) in [7, 11) is 1.75. The quantitative estimate of drug-likeness (QED) is 0.595. The largest absolute Gasteiger partial charge is 0.493 e. The van der Waals surface area contributed by atoms with Crippen LogP contribution in [-0.4, -0.2) is 19.6 Å². The maximum atomic E-state index is 8.99. The molecule has 0 bridgehead atoms. The first kappa shape index (κ1) is 17.8. The van der Waals surface area contributed by atoms with Gasteiger partial charge < -0.3 is 15.4 Å². The molecule has 0 spiro atoms. The molecule has 2 N–H and O–H groups in total. The Bertz CT molecular complexity index is 806. The van der Waals surface area contributed by atoms with Gasteiger partial charge in [-0.05, 0) is 42.5 Å². The van der Waals surface area contributed by atoms with Gasteiger partial charge in [0.15, 0.2) is 5.96 Å². The molecule has 26 heavy (non-hydrogen) atoms. The average Bonchev–Trinajstić information content (AvgIpc) is 3.52. The number of ether oxygens (including phenoxy) is 1. The summed E-state index contributed by atoms with van der Waals surface area (Å²) in [6.07, 6.45) is 2.56. The van der Waals surface area contributed by atoms with Crippen LogP contribution in [0.1, 0.15) is 29.5 Å². The maximum Gasteiger partial charge on any atom is 0.191 e. The van der Waals surface area contributed by atoms with Gasteiger partial charge in [-0.1, -0.05) is 30.3 Å². The van der Waals surface area contributed by atoms with Crippen LogP contribution in [0.15, 0.2) is 53.5 Å². The van der Waals surface area contributed by atoms with Crippen molar-refractivity contribution < 1.29 is 4.74 Å². The van der Waals surface area contributed by atoms with Gasteiger partial charge in [-0.2, -0.15) is 5.26 Å². The number of guanidine groups is 1. The maximum absolute atomic E-state index is 8.99. The highest BCUT2D eigenvalue weighted by atomic mass is 16.5. The van der Waals surface area contributed by atoms with Gasteiger partial charge in [0.2, 0.25) is 0 Å². The van der Waals surface area contributed by atoms with Gasteiger partial charge in [0.05, 0.1) is 18.2 Å². The highest BCUT2D eigenvalue weighted by Crippen LogP contribution is 2.30. The van der Waals surface area contributed by atoms with Gasteiger partial charge in [-0.3, -0.25) is 4.99 Å². The van der Waals surface area contributed by atoms with Gasteiger partial charge in [-0.15, -0.1) is 0 Å². The molecule has 0 atom stereocenters. The van der Waals surface area contributed by atoms with E-state index in [1.807, 2.05) is 36.4 Å². The Morgan fingerprint density at radius 1 is 1.15 bits per heavy atom. The van der Waals surface area contributed by atoms with Crippen LogP contribution in [0.5, 0.6) is 5.75 Å². The molecule has 2 aromatic carbocycles. The lowest BCUT2D eigenvalue weighted by atomic mass is 10.1. The van der Waals surface area contributed by atoms with E-state index in [1.54, 1.807) is 13.1 Å². The highest BCUT2D eigenvalue weighted by Gasteiger charge is 2.22. The van der Waals surface area contributed by atoms with E-state index < -0.39 is 0 Å². The number of nitrogens with one attached hydrogen (secondary N) is 2. The van der Waals surface area contributed by atoms with Crippen LogP contribution < -0.4 is 15.4 Å². The van der Waals surface area contributed by atoms with Crippen molar-refractivity contribution in [2.75, 3.05) is 13.7 Å². The summed E-state index contributed by atoms with van der Waals surface area (Å²) >= 11 is 0. The molecular formula is C21H24N4O. The molecule has 2 aromatic rings. The highest BCUT2D eigenvalue weighted by molar-refractivity contribution is 5.79. The Balaban J connectivity index is 1.53. The second kappa shape index (κ2) is 8.91. The summed E-state index contributed by atoms with van der Waals surface area (Å²) in [5.41, 5.74) is 2.82. The van der Waals surface area contributed by atoms with Gasteiger partial charge in [-0.25, -0.2) is 0 Å². The predicted octanol–water partition coefficient (Wildman–Crippen LogP) is 3.21. The molecule has 1 aliphatic carbocycles. The van der Waals surface area contributed by atoms with E-state index >= 15 is 0 Å². The minimum Gasteiger partial charge on any atom is -0.493 e. The number of nitriles is 1. The number of benzene rings is 2. The summed E-state index contributed by atoms with van der Waals surface area (Å²) < 4.78 is 5.95. The third-order valence-corrected chi connectivity index (χ3v) is 4.33. The van der Waals surface area contributed by atoms with Crippen molar-refractivity contribution in [1.82, 2.24) is 10.6 Å². The van der Waals surface area contributed by atoms with E-state index in [2.05, 4.69) is 27.8 Å². The van der Waals surface area contributed by atoms with Gasteiger partial charge in [0.25, 0.3) is 0 Å². The van der Waals surface area contributed by atoms with E-state index in [4.69, 9.17) is 10.00 Å². The predicted molar refractivity (Wildman–Crippen MR) is 103 cm³/mol. The van der Waals surface area contributed by atoms with E-state index in [0.717, 1.165) is 29.4 Å². The van der Waals surface area contributed by atoms with E-state index in [0.29, 0.717) is 24.6 Å². The molecule has 0 radical (unpaired) electrons. The molecule has 0 amide bonds.